The van der Waals surface area contributed by atoms with Gasteiger partial charge in [0.25, 0.3) is 0 Å². The predicted molar refractivity (Wildman–Crippen MR) is 86.1 cm³/mol. The molecule has 0 saturated heterocycles. The summed E-state index contributed by atoms with van der Waals surface area (Å²) in [6.45, 7) is 10.2. The van der Waals surface area contributed by atoms with Crippen LogP contribution in [0.25, 0.3) is 0 Å². The van der Waals surface area contributed by atoms with Crippen LogP contribution >= 0.6 is 15.9 Å². The lowest BCUT2D eigenvalue weighted by Gasteiger charge is -2.29. The van der Waals surface area contributed by atoms with Crippen molar-refractivity contribution in [2.24, 2.45) is 5.92 Å². The Morgan fingerprint density at radius 1 is 1.26 bits per heavy atom. The van der Waals surface area contributed by atoms with Gasteiger partial charge in [0.2, 0.25) is 0 Å². The minimum absolute atomic E-state index is 0.130. The Bertz CT molecular complexity index is 427. The number of benzene rings is 1. The maximum absolute atomic E-state index is 11.8. The zero-order chi connectivity index (χ0) is 14.4. The van der Waals surface area contributed by atoms with Crippen LogP contribution in [0, 0.1) is 5.92 Å². The van der Waals surface area contributed by atoms with Crippen molar-refractivity contribution in [3.8, 4) is 0 Å². The largest absolute Gasteiger partial charge is 0.371 e. The normalized spacial score (nSPS) is 10.8. The van der Waals surface area contributed by atoms with E-state index in [2.05, 4.69) is 47.7 Å². The number of ketones is 1. The van der Waals surface area contributed by atoms with Gasteiger partial charge in [0, 0.05) is 28.8 Å². The fourth-order valence-corrected chi connectivity index (χ4v) is 2.67. The van der Waals surface area contributed by atoms with E-state index in [1.54, 1.807) is 6.92 Å². The van der Waals surface area contributed by atoms with Crippen molar-refractivity contribution in [3.63, 3.8) is 0 Å². The van der Waals surface area contributed by atoms with E-state index >= 15 is 0 Å². The number of carbonyl (C=O) groups excluding carboxylic acids is 1. The Balaban J connectivity index is 3.09. The van der Waals surface area contributed by atoms with Crippen LogP contribution in [0.2, 0.25) is 0 Å². The van der Waals surface area contributed by atoms with Crippen molar-refractivity contribution < 1.29 is 4.79 Å². The Morgan fingerprint density at radius 3 is 2.37 bits per heavy atom. The maximum atomic E-state index is 11.8. The smallest absolute Gasteiger partial charge is 0.161 e. The number of hydrogen-bond acceptors (Lipinski definition) is 2. The maximum Gasteiger partial charge on any atom is 0.161 e. The monoisotopic (exact) mass is 325 g/mol. The van der Waals surface area contributed by atoms with Crippen molar-refractivity contribution >= 4 is 27.4 Å². The molecule has 0 saturated carbocycles. The molecule has 1 aromatic rings. The van der Waals surface area contributed by atoms with Gasteiger partial charge in [-0.25, -0.2) is 0 Å². The molecule has 0 amide bonds. The Morgan fingerprint density at radius 2 is 1.89 bits per heavy atom. The summed E-state index contributed by atoms with van der Waals surface area (Å²) in [7, 11) is 0. The summed E-state index contributed by atoms with van der Waals surface area (Å²) in [6, 6.07) is 5.91. The van der Waals surface area contributed by atoms with Crippen LogP contribution in [-0.4, -0.2) is 18.9 Å². The predicted octanol–water partition coefficient (Wildman–Crippen LogP) is 4.91. The van der Waals surface area contributed by atoms with Crippen LogP contribution in [0.5, 0.6) is 0 Å². The van der Waals surface area contributed by atoms with Gasteiger partial charge in [-0.3, -0.25) is 4.79 Å². The molecule has 0 aromatic heterocycles. The molecule has 0 bridgehead atoms. The Kier molecular flexibility index (Phi) is 6.56. The molecule has 0 aliphatic heterocycles. The van der Waals surface area contributed by atoms with Crippen LogP contribution in [0.3, 0.4) is 0 Å². The molecule has 1 aromatic carbocycles. The summed E-state index contributed by atoms with van der Waals surface area (Å²) in [5.74, 6) is 0.809. The molecule has 106 valence electrons. The van der Waals surface area contributed by atoms with E-state index in [-0.39, 0.29) is 5.78 Å². The molecule has 0 unspecified atom stereocenters. The second-order valence-electron chi connectivity index (χ2n) is 4.94. The van der Waals surface area contributed by atoms with Crippen molar-refractivity contribution in [1.29, 1.82) is 0 Å². The van der Waals surface area contributed by atoms with Gasteiger partial charge >= 0.3 is 0 Å². The van der Waals surface area contributed by atoms with Gasteiger partial charge in [0.1, 0.15) is 0 Å². The highest BCUT2D eigenvalue weighted by atomic mass is 79.9. The molecule has 0 aliphatic rings. The fourth-order valence-electron chi connectivity index (χ4n) is 2.32. The van der Waals surface area contributed by atoms with Crippen molar-refractivity contribution in [2.45, 2.75) is 40.5 Å². The van der Waals surface area contributed by atoms with E-state index in [4.69, 9.17) is 0 Å². The molecule has 0 aliphatic carbocycles. The lowest BCUT2D eigenvalue weighted by atomic mass is 10.0. The molecule has 0 N–H and O–H groups in total. The number of hydrogen-bond donors (Lipinski definition) is 0. The zero-order valence-corrected chi connectivity index (χ0v) is 14.0. The minimum Gasteiger partial charge on any atom is -0.371 e. The molecular formula is C16H24BrNO. The summed E-state index contributed by atoms with van der Waals surface area (Å²) in [4.78, 5) is 14.1. The van der Waals surface area contributed by atoms with Gasteiger partial charge in [-0.1, -0.05) is 42.6 Å². The number of rotatable bonds is 7. The average molecular weight is 326 g/mol. The van der Waals surface area contributed by atoms with Gasteiger partial charge < -0.3 is 4.90 Å². The summed E-state index contributed by atoms with van der Waals surface area (Å²) in [6.07, 6.45) is 2.35. The van der Waals surface area contributed by atoms with Crippen molar-refractivity contribution in [1.82, 2.24) is 0 Å². The van der Waals surface area contributed by atoms with Gasteiger partial charge in [0.15, 0.2) is 5.78 Å². The third kappa shape index (κ3) is 4.34. The highest BCUT2D eigenvalue weighted by molar-refractivity contribution is 9.10. The first-order valence-electron chi connectivity index (χ1n) is 7.08. The quantitative estimate of drug-likeness (QED) is 0.663. The summed E-state index contributed by atoms with van der Waals surface area (Å²) in [5, 5.41) is 0. The van der Waals surface area contributed by atoms with Gasteiger partial charge in [0.05, 0.1) is 0 Å². The van der Waals surface area contributed by atoms with Crippen LogP contribution in [0.15, 0.2) is 22.7 Å². The van der Waals surface area contributed by atoms with E-state index in [0.29, 0.717) is 5.92 Å². The van der Waals surface area contributed by atoms with E-state index in [1.165, 1.54) is 12.8 Å². The first-order chi connectivity index (χ1) is 9.03. The molecule has 0 atom stereocenters. The van der Waals surface area contributed by atoms with Gasteiger partial charge in [-0.2, -0.15) is 0 Å². The molecule has 1 rings (SSSR count). The average Bonchev–Trinajstić information content (AvgIpc) is 2.40. The first kappa shape index (κ1) is 16.2. The number of carbonyl (C=O) groups is 1. The Hall–Kier alpha value is -0.830. The second kappa shape index (κ2) is 7.68. The van der Waals surface area contributed by atoms with Crippen molar-refractivity contribution in [3.05, 3.63) is 28.2 Å². The fraction of sp³-hybridized carbons (Fsp3) is 0.562. The minimum atomic E-state index is 0.130. The SMILES string of the molecule is CCC(CC)CN(CC)c1cc(Br)ccc1C(C)=O. The first-order valence-corrected chi connectivity index (χ1v) is 7.88. The highest BCUT2D eigenvalue weighted by Gasteiger charge is 2.16. The van der Waals surface area contributed by atoms with Crippen molar-refractivity contribution in [2.75, 3.05) is 18.0 Å². The van der Waals surface area contributed by atoms with E-state index in [1.807, 2.05) is 12.1 Å². The summed E-state index contributed by atoms with van der Waals surface area (Å²) >= 11 is 3.51. The number of nitrogens with zero attached hydrogens (tertiary/aromatic N) is 1. The lowest BCUT2D eigenvalue weighted by Crippen LogP contribution is -2.30. The standard InChI is InChI=1S/C16H24BrNO/c1-5-13(6-2)11-18(7-3)16-10-14(17)8-9-15(16)12(4)19/h8-10,13H,5-7,11H2,1-4H3. The van der Waals surface area contributed by atoms with Gasteiger partial charge in [-0.05, 0) is 38.0 Å². The van der Waals surface area contributed by atoms with Crippen LogP contribution in [-0.2, 0) is 0 Å². The van der Waals surface area contributed by atoms with Crippen LogP contribution in [0.1, 0.15) is 50.9 Å². The lowest BCUT2D eigenvalue weighted by molar-refractivity contribution is 0.101. The van der Waals surface area contributed by atoms with Crippen LogP contribution in [0.4, 0.5) is 5.69 Å². The number of halogens is 1. The third-order valence-corrected chi connectivity index (χ3v) is 4.19. The third-order valence-electron chi connectivity index (χ3n) is 3.69. The number of Topliss-reactive ketones (excluding diaryl/α,β-unsaturated/α-hetero) is 1. The molecule has 0 radical (unpaired) electrons. The molecule has 2 nitrogen and oxygen atoms in total. The molecule has 0 spiro atoms. The molecule has 3 heteroatoms. The molecule has 0 heterocycles. The Labute approximate surface area is 125 Å². The number of anilines is 1. The topological polar surface area (TPSA) is 20.3 Å². The summed E-state index contributed by atoms with van der Waals surface area (Å²) in [5.41, 5.74) is 1.87. The summed E-state index contributed by atoms with van der Waals surface area (Å²) < 4.78 is 1.02. The molecular weight excluding hydrogens is 302 g/mol. The van der Waals surface area contributed by atoms with Crippen LogP contribution < -0.4 is 4.90 Å². The zero-order valence-electron chi connectivity index (χ0n) is 12.4. The molecule has 19 heavy (non-hydrogen) atoms. The van der Waals surface area contributed by atoms with Gasteiger partial charge in [-0.15, -0.1) is 0 Å². The van der Waals surface area contributed by atoms with E-state index in [9.17, 15) is 4.79 Å². The van der Waals surface area contributed by atoms with E-state index in [0.717, 1.165) is 28.8 Å². The highest BCUT2D eigenvalue weighted by Crippen LogP contribution is 2.27. The second-order valence-corrected chi connectivity index (χ2v) is 5.85. The van der Waals surface area contributed by atoms with E-state index < -0.39 is 0 Å². The molecule has 0 fully saturated rings.